The van der Waals surface area contributed by atoms with Crippen LogP contribution in [0, 0.1) is 0 Å². The first-order valence-electron chi connectivity index (χ1n) is 10.8. The van der Waals surface area contributed by atoms with Crippen molar-refractivity contribution in [2.24, 2.45) is 5.16 Å². The van der Waals surface area contributed by atoms with Crippen LogP contribution >= 0.6 is 11.8 Å². The highest BCUT2D eigenvalue weighted by Crippen LogP contribution is 2.33. The molecule has 0 aliphatic carbocycles. The fraction of sp³-hybridized carbons (Fsp3) is 0.348. The summed E-state index contributed by atoms with van der Waals surface area (Å²) in [6, 6.07) is 17.8. The van der Waals surface area contributed by atoms with E-state index in [9.17, 15) is 28.8 Å². The molecular formula is C23H25NO9S2. The van der Waals surface area contributed by atoms with E-state index < -0.39 is 46.9 Å². The van der Waals surface area contributed by atoms with Gasteiger partial charge < -0.3 is 25.2 Å². The van der Waals surface area contributed by atoms with Crippen molar-refractivity contribution >= 4 is 48.7 Å². The molecule has 1 aliphatic rings. The van der Waals surface area contributed by atoms with Gasteiger partial charge in [-0.1, -0.05) is 71.5 Å². The van der Waals surface area contributed by atoms with Crippen molar-refractivity contribution in [2.45, 2.75) is 42.7 Å². The number of rotatable bonds is 7. The fourth-order valence-corrected chi connectivity index (χ4v) is 5.39. The van der Waals surface area contributed by atoms with Crippen LogP contribution in [0.25, 0.3) is 21.5 Å². The van der Waals surface area contributed by atoms with Gasteiger partial charge >= 0.3 is 10.4 Å². The number of aliphatic hydroxyl groups is 4. The molecule has 1 heterocycles. The molecular weight excluding hydrogens is 498 g/mol. The van der Waals surface area contributed by atoms with Crippen molar-refractivity contribution in [1.82, 2.24) is 0 Å². The Labute approximate surface area is 205 Å². The first-order chi connectivity index (χ1) is 16.7. The quantitative estimate of drug-likeness (QED) is 0.101. The lowest BCUT2D eigenvalue weighted by Crippen LogP contribution is -2.57. The molecule has 0 unspecified atom stereocenters. The average molecular weight is 524 g/mol. The second-order valence-corrected chi connectivity index (χ2v) is 10.3. The first kappa shape index (κ1) is 25.8. The van der Waals surface area contributed by atoms with Gasteiger partial charge in [0, 0.05) is 6.42 Å². The molecule has 0 radical (unpaired) electrons. The summed E-state index contributed by atoms with van der Waals surface area (Å²) in [7, 11) is -4.89. The Morgan fingerprint density at radius 2 is 1.63 bits per heavy atom. The lowest BCUT2D eigenvalue weighted by atomic mass is 9.95. The number of benzene rings is 3. The van der Waals surface area contributed by atoms with E-state index in [-0.39, 0.29) is 11.5 Å². The molecule has 1 aliphatic heterocycles. The smallest absolute Gasteiger partial charge is 0.394 e. The molecule has 10 nitrogen and oxygen atoms in total. The Kier molecular flexibility index (Phi) is 7.93. The number of fused-ring (bicyclic) bond motifs is 3. The standard InChI is InChI=1S/C23H25NO9S2/c25-12-18-20(26)21(27)22(28)23(32-18)34-19(24-33-35(29,30)31)10-9-14-11-13-5-1-2-6-15(13)17-8-4-3-7-16(14)17/h1-8,11,18,20-23,25-28H,9-10,12H2,(H,29,30,31)/b24-19+/t18-,20-,21+,22-,23+/m1/s1. The third-order valence-corrected chi connectivity index (χ3v) is 7.23. The molecule has 5 N–H and O–H groups in total. The summed E-state index contributed by atoms with van der Waals surface area (Å²) in [5.41, 5.74) is -0.240. The van der Waals surface area contributed by atoms with Crippen molar-refractivity contribution in [1.29, 1.82) is 0 Å². The van der Waals surface area contributed by atoms with Crippen molar-refractivity contribution in [3.8, 4) is 0 Å². The van der Waals surface area contributed by atoms with Crippen molar-refractivity contribution < 1.29 is 42.4 Å². The maximum atomic E-state index is 11.1. The molecule has 188 valence electrons. The van der Waals surface area contributed by atoms with Gasteiger partial charge in [-0.05, 0) is 33.5 Å². The van der Waals surface area contributed by atoms with E-state index in [4.69, 9.17) is 9.29 Å². The second kappa shape index (κ2) is 10.8. The van der Waals surface area contributed by atoms with Crippen LogP contribution in [0.1, 0.15) is 12.0 Å². The minimum absolute atomic E-state index is 0.0456. The van der Waals surface area contributed by atoms with E-state index in [1.165, 1.54) is 0 Å². The number of hydrogen-bond acceptors (Lipinski definition) is 10. The van der Waals surface area contributed by atoms with Crippen molar-refractivity contribution in [2.75, 3.05) is 6.61 Å². The predicted octanol–water partition coefficient (Wildman–Crippen LogP) is 1.59. The van der Waals surface area contributed by atoms with Gasteiger partial charge in [-0.3, -0.25) is 4.55 Å². The summed E-state index contributed by atoms with van der Waals surface area (Å²) in [5.74, 6) is 0. The minimum atomic E-state index is -4.89. The molecule has 0 saturated carbocycles. The molecule has 3 aromatic rings. The number of nitrogens with zero attached hydrogens (tertiary/aromatic N) is 1. The second-order valence-electron chi connectivity index (χ2n) is 8.10. The van der Waals surface area contributed by atoms with Crippen molar-refractivity contribution in [3.63, 3.8) is 0 Å². The summed E-state index contributed by atoms with van der Waals surface area (Å²) >= 11 is 0.763. The number of ether oxygens (including phenoxy) is 1. The van der Waals surface area contributed by atoms with E-state index in [1.807, 2.05) is 54.6 Å². The van der Waals surface area contributed by atoms with Crippen LogP contribution in [0.5, 0.6) is 0 Å². The lowest BCUT2D eigenvalue weighted by molar-refractivity contribution is -0.205. The average Bonchev–Trinajstić information content (AvgIpc) is 2.85. The molecule has 5 atom stereocenters. The molecule has 0 aromatic heterocycles. The Bertz CT molecular complexity index is 1330. The molecule has 12 heteroatoms. The van der Waals surface area contributed by atoms with Crippen LogP contribution in [0.2, 0.25) is 0 Å². The van der Waals surface area contributed by atoms with Gasteiger partial charge in [-0.15, -0.1) is 0 Å². The SMILES string of the molecule is O=S(=O)(O)O/N=C(\CCc1cc2ccccc2c2ccccc12)S[C@@H]1O[C@H](CO)[C@@H](O)[C@H](O)[C@H]1O. The van der Waals surface area contributed by atoms with Crippen LogP contribution in [0.4, 0.5) is 0 Å². The number of oxime groups is 1. The van der Waals surface area contributed by atoms with Crippen LogP contribution < -0.4 is 0 Å². The monoisotopic (exact) mass is 523 g/mol. The van der Waals surface area contributed by atoms with Gasteiger partial charge in [0.15, 0.2) is 0 Å². The van der Waals surface area contributed by atoms with Crippen LogP contribution in [0.15, 0.2) is 59.8 Å². The van der Waals surface area contributed by atoms with E-state index in [2.05, 4.69) is 9.44 Å². The number of aryl methyl sites for hydroxylation is 1. The zero-order valence-corrected chi connectivity index (χ0v) is 20.0. The van der Waals surface area contributed by atoms with E-state index in [0.29, 0.717) is 6.42 Å². The van der Waals surface area contributed by atoms with E-state index in [0.717, 1.165) is 38.9 Å². The van der Waals surface area contributed by atoms with Gasteiger partial charge in [0.25, 0.3) is 0 Å². The Hall–Kier alpha value is -2.29. The summed E-state index contributed by atoms with van der Waals surface area (Å²) in [5, 5.41) is 47.5. The zero-order chi connectivity index (χ0) is 25.2. The molecule has 1 saturated heterocycles. The molecule has 0 spiro atoms. The number of aliphatic hydroxyl groups excluding tert-OH is 4. The summed E-state index contributed by atoms with van der Waals surface area (Å²) < 4.78 is 40.9. The van der Waals surface area contributed by atoms with Gasteiger partial charge in [0.05, 0.1) is 6.61 Å². The Morgan fingerprint density at radius 3 is 2.31 bits per heavy atom. The van der Waals surface area contributed by atoms with E-state index in [1.54, 1.807) is 0 Å². The highest BCUT2D eigenvalue weighted by Gasteiger charge is 2.44. The van der Waals surface area contributed by atoms with E-state index >= 15 is 0 Å². The van der Waals surface area contributed by atoms with Crippen molar-refractivity contribution in [3.05, 3.63) is 60.2 Å². The summed E-state index contributed by atoms with van der Waals surface area (Å²) in [4.78, 5) is 0. The highest BCUT2D eigenvalue weighted by atomic mass is 32.3. The topological polar surface area (TPSA) is 166 Å². The van der Waals surface area contributed by atoms with Gasteiger partial charge in [0.2, 0.25) is 0 Å². The molecule has 0 amide bonds. The van der Waals surface area contributed by atoms with Gasteiger partial charge in [0.1, 0.15) is 34.9 Å². The molecule has 1 fully saturated rings. The maximum Gasteiger partial charge on any atom is 0.466 e. The third-order valence-electron chi connectivity index (χ3n) is 5.80. The molecule has 4 rings (SSSR count). The number of hydrogen-bond donors (Lipinski definition) is 5. The summed E-state index contributed by atoms with van der Waals surface area (Å²) in [6.07, 6.45) is -5.31. The molecule has 3 aromatic carbocycles. The normalized spacial score (nSPS) is 25.7. The van der Waals surface area contributed by atoms with Crippen LogP contribution in [0.3, 0.4) is 0 Å². The highest BCUT2D eigenvalue weighted by molar-refractivity contribution is 8.14. The first-order valence-corrected chi connectivity index (χ1v) is 13.0. The predicted molar refractivity (Wildman–Crippen MR) is 131 cm³/mol. The minimum Gasteiger partial charge on any atom is -0.394 e. The number of thioether (sulfide) groups is 1. The maximum absolute atomic E-state index is 11.1. The Morgan fingerprint density at radius 1 is 0.971 bits per heavy atom. The van der Waals surface area contributed by atoms with Gasteiger partial charge in [-0.2, -0.15) is 8.42 Å². The fourth-order valence-electron chi connectivity index (χ4n) is 4.09. The Balaban J connectivity index is 1.62. The van der Waals surface area contributed by atoms with Crippen LogP contribution in [-0.4, -0.2) is 74.9 Å². The van der Waals surface area contributed by atoms with Gasteiger partial charge in [-0.25, -0.2) is 4.28 Å². The third kappa shape index (κ3) is 5.93. The molecule has 35 heavy (non-hydrogen) atoms. The molecule has 0 bridgehead atoms. The largest absolute Gasteiger partial charge is 0.466 e. The zero-order valence-electron chi connectivity index (χ0n) is 18.3. The summed E-state index contributed by atoms with van der Waals surface area (Å²) in [6.45, 7) is -0.612. The lowest BCUT2D eigenvalue weighted by Gasteiger charge is -2.39. The van der Waals surface area contributed by atoms with Crippen LogP contribution in [-0.2, 0) is 25.8 Å².